The lowest BCUT2D eigenvalue weighted by Crippen LogP contribution is -2.46. The molecule has 0 spiro atoms. The Morgan fingerprint density at radius 1 is 0.683 bits per heavy atom. The van der Waals surface area contributed by atoms with E-state index >= 15 is 0 Å². The maximum atomic E-state index is 5.29. The van der Waals surface area contributed by atoms with Gasteiger partial charge in [-0.3, -0.25) is 0 Å². The van der Waals surface area contributed by atoms with E-state index in [-0.39, 0.29) is 28.7 Å². The molecule has 0 amide bonds. The van der Waals surface area contributed by atoms with Gasteiger partial charge in [-0.25, -0.2) is 15.0 Å². The molecule has 11 rings (SSSR count). The van der Waals surface area contributed by atoms with Crippen molar-refractivity contribution < 1.29 is 0 Å². The maximum absolute atomic E-state index is 5.29. The summed E-state index contributed by atoms with van der Waals surface area (Å²) in [6.45, 7) is 9.47. The minimum absolute atomic E-state index is 0.0263. The average molecular weight is 780 g/mol. The normalized spacial score (nSPS) is 26.8. The molecule has 1 aliphatic heterocycles. The molecule has 0 bridgehead atoms. The first-order chi connectivity index (χ1) is 29.3. The lowest BCUT2D eigenvalue weighted by Gasteiger charge is -2.44. The second-order valence-electron chi connectivity index (χ2n) is 17.7. The Hall–Kier alpha value is -6.59. The first-order valence-electron chi connectivity index (χ1n) is 21.6. The van der Waals surface area contributed by atoms with Gasteiger partial charge in [0.05, 0.1) is 16.6 Å². The van der Waals surface area contributed by atoms with E-state index < -0.39 is 0 Å². The summed E-state index contributed by atoms with van der Waals surface area (Å²) in [5.74, 6) is 2.99. The highest BCUT2D eigenvalue weighted by Gasteiger charge is 2.52. The van der Waals surface area contributed by atoms with Crippen molar-refractivity contribution in [3.8, 4) is 17.1 Å². The van der Waals surface area contributed by atoms with Crippen molar-refractivity contribution in [3.63, 3.8) is 0 Å². The van der Waals surface area contributed by atoms with Crippen molar-refractivity contribution in [2.45, 2.75) is 57.4 Å². The van der Waals surface area contributed by atoms with Crippen molar-refractivity contribution in [2.75, 3.05) is 0 Å². The third-order valence-electron chi connectivity index (χ3n) is 13.9. The minimum atomic E-state index is -0.258. The van der Waals surface area contributed by atoms with E-state index in [1.165, 1.54) is 55.6 Å². The standard InChI is InChI=1S/C55H49N5/c1-36-18-11-12-23-41(36)52-56-51(38-19-7-5-8-20-38)57-53(58-52)42-25-17-28-47(37(42)2)60-50-31-33-54(3,35-45(50)46-26-15-16-32-55(46,60)4)39-29-30-49-44(34-39)43-24-13-14-27-48(43)59(49)40-21-9-6-10-22-40/h5-17,19-34,36-37,42,46H,18,35H2,1-4H3. The third kappa shape index (κ3) is 5.70. The number of allylic oxidation sites excluding steroid dienone is 12. The molecule has 0 N–H and O–H groups in total. The van der Waals surface area contributed by atoms with E-state index in [0.29, 0.717) is 5.92 Å². The van der Waals surface area contributed by atoms with Crippen molar-refractivity contribution in [1.82, 2.24) is 24.4 Å². The summed E-state index contributed by atoms with van der Waals surface area (Å²) in [5.41, 5.74) is 10.8. The van der Waals surface area contributed by atoms with Crippen LogP contribution in [0.2, 0.25) is 0 Å². The number of hydrogen-bond acceptors (Lipinski definition) is 4. The van der Waals surface area contributed by atoms with Gasteiger partial charge < -0.3 is 9.47 Å². The molecule has 5 aliphatic rings. The molecule has 0 fully saturated rings. The van der Waals surface area contributed by atoms with Gasteiger partial charge in [0, 0.05) is 62.2 Å². The molecule has 6 aromatic rings. The largest absolute Gasteiger partial charge is 0.335 e. The Bertz CT molecular complexity index is 2960. The van der Waals surface area contributed by atoms with E-state index in [1.54, 1.807) is 0 Å². The van der Waals surface area contributed by atoms with E-state index in [4.69, 9.17) is 15.0 Å². The van der Waals surface area contributed by atoms with Gasteiger partial charge in [-0.15, -0.1) is 0 Å². The Labute approximate surface area is 352 Å². The van der Waals surface area contributed by atoms with Gasteiger partial charge in [-0.1, -0.05) is 154 Å². The van der Waals surface area contributed by atoms with Crippen LogP contribution in [0.25, 0.3) is 44.5 Å². The van der Waals surface area contributed by atoms with Gasteiger partial charge >= 0.3 is 0 Å². The monoisotopic (exact) mass is 779 g/mol. The van der Waals surface area contributed by atoms with Gasteiger partial charge in [0.2, 0.25) is 0 Å². The van der Waals surface area contributed by atoms with E-state index in [1.807, 2.05) is 6.07 Å². The zero-order valence-electron chi connectivity index (χ0n) is 34.7. The molecule has 5 heteroatoms. The first-order valence-corrected chi connectivity index (χ1v) is 21.6. The summed E-state index contributed by atoms with van der Waals surface area (Å²) in [6.07, 6.45) is 29.6. The van der Waals surface area contributed by atoms with Crippen molar-refractivity contribution >= 4 is 27.4 Å². The summed E-state index contributed by atoms with van der Waals surface area (Å²) in [7, 11) is 0. The first kappa shape index (κ1) is 36.5. The van der Waals surface area contributed by atoms with Crippen LogP contribution >= 0.6 is 0 Å². The van der Waals surface area contributed by atoms with Gasteiger partial charge in [0.25, 0.3) is 0 Å². The van der Waals surface area contributed by atoms with E-state index in [9.17, 15) is 0 Å². The number of hydrogen-bond donors (Lipinski definition) is 0. The van der Waals surface area contributed by atoms with E-state index in [0.717, 1.165) is 35.9 Å². The Morgan fingerprint density at radius 2 is 1.45 bits per heavy atom. The van der Waals surface area contributed by atoms with Crippen molar-refractivity contribution in [1.29, 1.82) is 0 Å². The number of fused-ring (bicyclic) bond motifs is 5. The number of nitrogens with zero attached hydrogens (tertiary/aromatic N) is 5. The van der Waals surface area contributed by atoms with Crippen LogP contribution in [0.3, 0.4) is 0 Å². The van der Waals surface area contributed by atoms with Crippen LogP contribution in [0, 0.1) is 17.8 Å². The predicted molar refractivity (Wildman–Crippen MR) is 246 cm³/mol. The average Bonchev–Trinajstić information content (AvgIpc) is 3.75. The van der Waals surface area contributed by atoms with Gasteiger partial charge in [-0.05, 0) is 79.3 Å². The van der Waals surface area contributed by atoms with Crippen LogP contribution in [0.4, 0.5) is 0 Å². The summed E-state index contributed by atoms with van der Waals surface area (Å²) in [5, 5.41) is 2.58. The molecule has 6 atom stereocenters. The summed E-state index contributed by atoms with van der Waals surface area (Å²) in [4.78, 5) is 18.3. The molecule has 0 radical (unpaired) electrons. The maximum Gasteiger partial charge on any atom is 0.163 e. The van der Waals surface area contributed by atoms with Crippen LogP contribution in [0.5, 0.6) is 0 Å². The topological polar surface area (TPSA) is 46.8 Å². The smallest absolute Gasteiger partial charge is 0.163 e. The van der Waals surface area contributed by atoms with Crippen LogP contribution < -0.4 is 0 Å². The lowest BCUT2D eigenvalue weighted by molar-refractivity contribution is 0.220. The molecular formula is C55H49N5. The molecule has 2 aromatic heterocycles. The molecule has 60 heavy (non-hydrogen) atoms. The molecule has 4 aliphatic carbocycles. The zero-order chi connectivity index (χ0) is 40.6. The summed E-state index contributed by atoms with van der Waals surface area (Å²) in [6, 6.07) is 37.1. The fraction of sp³-hybridized carbons (Fsp3) is 0.218. The predicted octanol–water partition coefficient (Wildman–Crippen LogP) is 12.8. The van der Waals surface area contributed by atoms with Crippen LogP contribution in [0.15, 0.2) is 193 Å². The molecule has 0 saturated carbocycles. The van der Waals surface area contributed by atoms with Gasteiger partial charge in [-0.2, -0.15) is 0 Å². The minimum Gasteiger partial charge on any atom is -0.335 e. The molecule has 6 unspecified atom stereocenters. The second kappa shape index (κ2) is 14.0. The Kier molecular flexibility index (Phi) is 8.52. The summed E-state index contributed by atoms with van der Waals surface area (Å²) >= 11 is 0. The second-order valence-corrected chi connectivity index (χ2v) is 17.7. The van der Waals surface area contributed by atoms with Crippen LogP contribution in [0.1, 0.15) is 63.7 Å². The third-order valence-corrected chi connectivity index (χ3v) is 13.9. The molecule has 5 nitrogen and oxygen atoms in total. The zero-order valence-corrected chi connectivity index (χ0v) is 34.7. The van der Waals surface area contributed by atoms with Gasteiger partial charge in [0.15, 0.2) is 11.6 Å². The molecule has 294 valence electrons. The number of rotatable bonds is 6. The number of para-hydroxylation sites is 2. The highest BCUT2D eigenvalue weighted by atomic mass is 15.3. The number of aromatic nitrogens is 4. The van der Waals surface area contributed by atoms with Crippen LogP contribution in [-0.2, 0) is 5.41 Å². The quantitative estimate of drug-likeness (QED) is 0.169. The Balaban J connectivity index is 0.970. The highest BCUT2D eigenvalue weighted by molar-refractivity contribution is 6.09. The fourth-order valence-electron chi connectivity index (χ4n) is 10.7. The SMILES string of the molecule is CC1CC=CC=C1c1nc(-c2ccccc2)nc(C2C=CC=C(N3C4=C(CC(C)(c5ccc6c(c5)c5ccccc5n6-c5ccccc5)C=C4)C4C=CC=CC43C)C2C)n1. The molecule has 4 aromatic carbocycles. The van der Waals surface area contributed by atoms with Crippen molar-refractivity contribution in [3.05, 3.63) is 210 Å². The van der Waals surface area contributed by atoms with E-state index in [2.05, 4.69) is 207 Å². The fourth-order valence-corrected chi connectivity index (χ4v) is 10.7. The Morgan fingerprint density at radius 3 is 2.28 bits per heavy atom. The number of benzene rings is 4. The van der Waals surface area contributed by atoms with Crippen LogP contribution in [-0.4, -0.2) is 30.0 Å². The molecule has 3 heterocycles. The molecule has 0 saturated heterocycles. The highest BCUT2D eigenvalue weighted by Crippen LogP contribution is 2.56. The summed E-state index contributed by atoms with van der Waals surface area (Å²) < 4.78 is 2.40. The van der Waals surface area contributed by atoms with Crippen molar-refractivity contribution in [2.24, 2.45) is 17.8 Å². The van der Waals surface area contributed by atoms with Gasteiger partial charge in [0.1, 0.15) is 5.82 Å². The lowest BCUT2D eigenvalue weighted by atomic mass is 9.69. The molecular weight excluding hydrogens is 731 g/mol.